The average molecular weight is 257 g/mol. The van der Waals surface area contributed by atoms with Gasteiger partial charge in [0.15, 0.2) is 0 Å². The van der Waals surface area contributed by atoms with E-state index in [1.807, 2.05) is 12.1 Å². The van der Waals surface area contributed by atoms with Crippen molar-refractivity contribution < 1.29 is 0 Å². The SMILES string of the molecule is CC(C)N(Cc1ccc(C#N)cc1)CC1CCCN1. The summed E-state index contributed by atoms with van der Waals surface area (Å²) in [5, 5.41) is 12.4. The van der Waals surface area contributed by atoms with Crippen LogP contribution in [0.15, 0.2) is 24.3 Å². The van der Waals surface area contributed by atoms with E-state index in [1.165, 1.54) is 18.4 Å². The van der Waals surface area contributed by atoms with Crippen molar-refractivity contribution in [1.29, 1.82) is 5.26 Å². The van der Waals surface area contributed by atoms with Crippen LogP contribution >= 0.6 is 0 Å². The highest BCUT2D eigenvalue weighted by atomic mass is 15.2. The van der Waals surface area contributed by atoms with Crippen LogP contribution in [0.5, 0.6) is 0 Å². The first-order chi connectivity index (χ1) is 9.19. The Kier molecular flexibility index (Phi) is 4.95. The fourth-order valence-electron chi connectivity index (χ4n) is 2.57. The molecule has 2 rings (SSSR count). The maximum atomic E-state index is 8.82. The summed E-state index contributed by atoms with van der Waals surface area (Å²) in [6, 6.07) is 11.3. The van der Waals surface area contributed by atoms with Gasteiger partial charge in [0, 0.05) is 25.2 Å². The lowest BCUT2D eigenvalue weighted by Gasteiger charge is -2.29. The van der Waals surface area contributed by atoms with Crippen molar-refractivity contribution in [1.82, 2.24) is 10.2 Å². The molecule has 1 atom stereocenters. The van der Waals surface area contributed by atoms with Crippen LogP contribution in [0.1, 0.15) is 37.8 Å². The topological polar surface area (TPSA) is 39.1 Å². The second-order valence-electron chi connectivity index (χ2n) is 5.63. The largest absolute Gasteiger partial charge is 0.313 e. The highest BCUT2D eigenvalue weighted by Crippen LogP contribution is 2.13. The summed E-state index contributed by atoms with van der Waals surface area (Å²) < 4.78 is 0. The van der Waals surface area contributed by atoms with Gasteiger partial charge in [-0.3, -0.25) is 4.90 Å². The van der Waals surface area contributed by atoms with E-state index in [4.69, 9.17) is 5.26 Å². The lowest BCUT2D eigenvalue weighted by atomic mass is 10.1. The third kappa shape index (κ3) is 4.05. The molecule has 1 aromatic carbocycles. The molecular formula is C16H23N3. The van der Waals surface area contributed by atoms with Gasteiger partial charge in [0.05, 0.1) is 11.6 Å². The minimum atomic E-state index is 0.540. The van der Waals surface area contributed by atoms with Gasteiger partial charge < -0.3 is 5.32 Å². The fourth-order valence-corrected chi connectivity index (χ4v) is 2.57. The van der Waals surface area contributed by atoms with Gasteiger partial charge in [-0.1, -0.05) is 12.1 Å². The Morgan fingerprint density at radius 1 is 1.37 bits per heavy atom. The first-order valence-corrected chi connectivity index (χ1v) is 7.15. The fraction of sp³-hybridized carbons (Fsp3) is 0.562. The van der Waals surface area contributed by atoms with Gasteiger partial charge in [-0.05, 0) is 50.9 Å². The van der Waals surface area contributed by atoms with Gasteiger partial charge in [0.1, 0.15) is 0 Å². The van der Waals surface area contributed by atoms with Gasteiger partial charge in [0.2, 0.25) is 0 Å². The minimum absolute atomic E-state index is 0.540. The van der Waals surface area contributed by atoms with E-state index in [9.17, 15) is 0 Å². The minimum Gasteiger partial charge on any atom is -0.313 e. The van der Waals surface area contributed by atoms with E-state index in [-0.39, 0.29) is 0 Å². The van der Waals surface area contributed by atoms with Gasteiger partial charge in [-0.15, -0.1) is 0 Å². The van der Waals surface area contributed by atoms with Crippen LogP contribution < -0.4 is 5.32 Å². The number of hydrogen-bond acceptors (Lipinski definition) is 3. The second-order valence-corrected chi connectivity index (χ2v) is 5.63. The quantitative estimate of drug-likeness (QED) is 0.881. The number of hydrogen-bond donors (Lipinski definition) is 1. The third-order valence-corrected chi connectivity index (χ3v) is 3.82. The van der Waals surface area contributed by atoms with E-state index in [1.54, 1.807) is 0 Å². The molecule has 0 aliphatic carbocycles. The Morgan fingerprint density at radius 3 is 2.63 bits per heavy atom. The number of nitrogens with one attached hydrogen (secondary N) is 1. The molecule has 0 saturated carbocycles. The van der Waals surface area contributed by atoms with Gasteiger partial charge in [-0.25, -0.2) is 0 Å². The van der Waals surface area contributed by atoms with Crippen LogP contribution in [0.2, 0.25) is 0 Å². The lowest BCUT2D eigenvalue weighted by molar-refractivity contribution is 0.194. The highest BCUT2D eigenvalue weighted by Gasteiger charge is 2.19. The Bertz CT molecular complexity index is 424. The first-order valence-electron chi connectivity index (χ1n) is 7.15. The van der Waals surface area contributed by atoms with Crippen LogP contribution in [0, 0.1) is 11.3 Å². The Morgan fingerprint density at radius 2 is 2.11 bits per heavy atom. The highest BCUT2D eigenvalue weighted by molar-refractivity contribution is 5.31. The van der Waals surface area contributed by atoms with Crippen LogP contribution in [0.4, 0.5) is 0 Å². The van der Waals surface area contributed by atoms with Crippen LogP contribution in [0.3, 0.4) is 0 Å². The summed E-state index contributed by atoms with van der Waals surface area (Å²) in [6.45, 7) is 7.73. The van der Waals surface area contributed by atoms with E-state index in [2.05, 4.69) is 42.3 Å². The number of nitrogens with zero attached hydrogens (tertiary/aromatic N) is 2. The smallest absolute Gasteiger partial charge is 0.0991 e. The van der Waals surface area contributed by atoms with Crippen molar-refractivity contribution in [2.45, 2.75) is 45.3 Å². The standard InChI is InChI=1S/C16H23N3/c1-13(2)19(12-16-4-3-9-18-16)11-15-7-5-14(10-17)6-8-15/h5-8,13,16,18H,3-4,9,11-12H2,1-2H3. The van der Waals surface area contributed by atoms with Crippen molar-refractivity contribution in [3.63, 3.8) is 0 Å². The van der Waals surface area contributed by atoms with E-state index in [0.29, 0.717) is 12.1 Å². The molecule has 1 aliphatic rings. The van der Waals surface area contributed by atoms with Crippen molar-refractivity contribution in [2.24, 2.45) is 0 Å². The number of benzene rings is 1. The molecule has 0 bridgehead atoms. The predicted octanol–water partition coefficient (Wildman–Crippen LogP) is 2.52. The van der Waals surface area contributed by atoms with Crippen LogP contribution in [-0.4, -0.2) is 30.1 Å². The molecule has 0 amide bonds. The summed E-state index contributed by atoms with van der Waals surface area (Å²) >= 11 is 0. The van der Waals surface area contributed by atoms with Crippen LogP contribution in [-0.2, 0) is 6.54 Å². The zero-order valence-electron chi connectivity index (χ0n) is 11.9. The summed E-state index contributed by atoms with van der Waals surface area (Å²) in [6.07, 6.45) is 2.59. The second kappa shape index (κ2) is 6.70. The molecule has 3 heteroatoms. The summed E-state index contributed by atoms with van der Waals surface area (Å²) in [5.41, 5.74) is 2.02. The Balaban J connectivity index is 1.96. The van der Waals surface area contributed by atoms with Gasteiger partial charge >= 0.3 is 0 Å². The normalized spacial score (nSPS) is 19.0. The molecule has 1 unspecified atom stereocenters. The van der Waals surface area contributed by atoms with Crippen LogP contribution in [0.25, 0.3) is 0 Å². The molecule has 1 fully saturated rings. The first kappa shape index (κ1) is 14.0. The van der Waals surface area contributed by atoms with Crippen molar-refractivity contribution in [3.05, 3.63) is 35.4 Å². The lowest BCUT2D eigenvalue weighted by Crippen LogP contribution is -2.40. The summed E-state index contributed by atoms with van der Waals surface area (Å²) in [4.78, 5) is 2.50. The van der Waals surface area contributed by atoms with Crippen molar-refractivity contribution >= 4 is 0 Å². The van der Waals surface area contributed by atoms with Gasteiger partial charge in [-0.2, -0.15) is 5.26 Å². The van der Waals surface area contributed by atoms with Crippen molar-refractivity contribution in [2.75, 3.05) is 13.1 Å². The average Bonchev–Trinajstić information content (AvgIpc) is 2.91. The zero-order valence-corrected chi connectivity index (χ0v) is 11.9. The van der Waals surface area contributed by atoms with E-state index < -0.39 is 0 Å². The Labute approximate surface area is 116 Å². The molecule has 1 saturated heterocycles. The molecule has 1 aliphatic heterocycles. The molecule has 1 heterocycles. The maximum Gasteiger partial charge on any atom is 0.0991 e. The monoisotopic (exact) mass is 257 g/mol. The molecule has 0 aromatic heterocycles. The molecule has 1 aromatic rings. The number of rotatable bonds is 5. The number of nitriles is 1. The van der Waals surface area contributed by atoms with Gasteiger partial charge in [0.25, 0.3) is 0 Å². The van der Waals surface area contributed by atoms with Crippen molar-refractivity contribution in [3.8, 4) is 6.07 Å². The summed E-state index contributed by atoms with van der Waals surface area (Å²) in [5.74, 6) is 0. The van der Waals surface area contributed by atoms with E-state index in [0.717, 1.165) is 25.2 Å². The Hall–Kier alpha value is -1.37. The third-order valence-electron chi connectivity index (χ3n) is 3.82. The zero-order chi connectivity index (χ0) is 13.7. The molecule has 19 heavy (non-hydrogen) atoms. The molecule has 1 N–H and O–H groups in total. The summed E-state index contributed by atoms with van der Waals surface area (Å²) in [7, 11) is 0. The molecule has 102 valence electrons. The molecular weight excluding hydrogens is 234 g/mol. The maximum absolute atomic E-state index is 8.82. The van der Waals surface area contributed by atoms with E-state index >= 15 is 0 Å². The molecule has 3 nitrogen and oxygen atoms in total. The molecule has 0 spiro atoms. The predicted molar refractivity (Wildman–Crippen MR) is 77.7 cm³/mol. The molecule has 0 radical (unpaired) electrons.